The highest BCUT2D eigenvalue weighted by Crippen LogP contribution is 2.51. The van der Waals surface area contributed by atoms with Crippen LogP contribution in [0.5, 0.6) is 0 Å². The molecule has 11 heteroatoms. The molecule has 0 saturated carbocycles. The molecule has 0 aromatic heterocycles. The third-order valence-electron chi connectivity index (χ3n) is 7.47. The summed E-state index contributed by atoms with van der Waals surface area (Å²) >= 11 is 6.33. The van der Waals surface area contributed by atoms with Gasteiger partial charge >= 0.3 is 12.2 Å². The van der Waals surface area contributed by atoms with Crippen molar-refractivity contribution in [3.05, 3.63) is 63.7 Å². The summed E-state index contributed by atoms with van der Waals surface area (Å²) in [7, 11) is 1.70. The number of carbonyl (C=O) groups excluding carboxylic acids is 2. The van der Waals surface area contributed by atoms with Crippen LogP contribution in [0.3, 0.4) is 0 Å². The van der Waals surface area contributed by atoms with Crippen LogP contribution in [0, 0.1) is 11.8 Å². The Hall–Kier alpha value is -3.26. The van der Waals surface area contributed by atoms with E-state index in [2.05, 4.69) is 11.8 Å². The Morgan fingerprint density at radius 3 is 2.40 bits per heavy atom. The quantitative estimate of drug-likeness (QED) is 0.473. The highest BCUT2D eigenvalue weighted by molar-refractivity contribution is 6.32. The van der Waals surface area contributed by atoms with Gasteiger partial charge in [-0.25, -0.2) is 4.79 Å². The van der Waals surface area contributed by atoms with Crippen molar-refractivity contribution in [3.8, 4) is 11.8 Å². The number of alkyl halides is 3. The Balaban J connectivity index is 1.80. The molecule has 0 aliphatic carbocycles. The zero-order chi connectivity index (χ0) is 29.2. The second-order valence-electron chi connectivity index (χ2n) is 9.83. The predicted octanol–water partition coefficient (Wildman–Crippen LogP) is 4.39. The number of urea groups is 1. The van der Waals surface area contributed by atoms with Gasteiger partial charge in [0.1, 0.15) is 0 Å². The van der Waals surface area contributed by atoms with E-state index in [1.807, 2.05) is 18.7 Å². The summed E-state index contributed by atoms with van der Waals surface area (Å²) in [5, 5.41) is 11.8. The van der Waals surface area contributed by atoms with E-state index in [9.17, 15) is 27.9 Å². The van der Waals surface area contributed by atoms with Crippen LogP contribution in [0.15, 0.2) is 36.4 Å². The van der Waals surface area contributed by atoms with Gasteiger partial charge in [0.2, 0.25) is 0 Å². The van der Waals surface area contributed by atoms with E-state index in [1.54, 1.807) is 22.9 Å². The number of hydrogen-bond donors (Lipinski definition) is 1. The first-order valence-corrected chi connectivity index (χ1v) is 13.6. The molecular weight excluding hydrogens is 545 g/mol. The van der Waals surface area contributed by atoms with Crippen LogP contribution in [-0.2, 0) is 16.6 Å². The lowest BCUT2D eigenvalue weighted by Gasteiger charge is -2.27. The fourth-order valence-electron chi connectivity index (χ4n) is 5.20. The number of hydrogen-bond acceptors (Lipinski definition) is 4. The molecule has 40 heavy (non-hydrogen) atoms. The van der Waals surface area contributed by atoms with Crippen molar-refractivity contribution in [2.75, 3.05) is 57.8 Å². The normalized spacial score (nSPS) is 19.0. The Morgan fingerprint density at radius 1 is 1.10 bits per heavy atom. The van der Waals surface area contributed by atoms with Gasteiger partial charge in [0.25, 0.3) is 5.91 Å². The maximum absolute atomic E-state index is 14.6. The van der Waals surface area contributed by atoms with Crippen LogP contribution in [0.25, 0.3) is 0 Å². The summed E-state index contributed by atoms with van der Waals surface area (Å²) in [6.07, 6.45) is -4.62. The van der Waals surface area contributed by atoms with Crippen LogP contribution >= 0.6 is 11.6 Å². The van der Waals surface area contributed by atoms with Crippen molar-refractivity contribution in [2.24, 2.45) is 0 Å². The average Bonchev–Trinajstić information content (AvgIpc) is 3.35. The van der Waals surface area contributed by atoms with Gasteiger partial charge in [-0.05, 0) is 31.3 Å². The SMILES string of the molecule is CCN(CC)CCN1C(=O)C(O)(c2ccccc2Cl)c2c1cc(C#CCCN1CCN(C)C1=O)cc2C(F)(F)F. The molecule has 1 unspecified atom stereocenters. The first-order valence-electron chi connectivity index (χ1n) is 13.2. The van der Waals surface area contributed by atoms with Crippen molar-refractivity contribution < 1.29 is 27.9 Å². The number of amides is 3. The minimum atomic E-state index is -4.89. The van der Waals surface area contributed by atoms with Crippen LogP contribution in [-0.4, -0.2) is 84.6 Å². The van der Waals surface area contributed by atoms with E-state index in [0.29, 0.717) is 39.3 Å². The number of likely N-dealkylation sites (N-methyl/N-ethyl adjacent to an activating group) is 2. The first kappa shape index (κ1) is 29.7. The number of halogens is 4. The van der Waals surface area contributed by atoms with Gasteiger partial charge < -0.3 is 24.7 Å². The fraction of sp³-hybridized carbons (Fsp3) is 0.448. The molecule has 1 fully saturated rings. The van der Waals surface area contributed by atoms with Crippen molar-refractivity contribution >= 4 is 29.2 Å². The topological polar surface area (TPSA) is 67.3 Å². The van der Waals surface area contributed by atoms with Gasteiger partial charge in [0.15, 0.2) is 5.60 Å². The average molecular weight is 577 g/mol. The van der Waals surface area contributed by atoms with Crippen molar-refractivity contribution in [1.29, 1.82) is 0 Å². The minimum Gasteiger partial charge on any atom is -0.372 e. The monoisotopic (exact) mass is 576 g/mol. The number of carbonyl (C=O) groups is 2. The van der Waals surface area contributed by atoms with Crippen LogP contribution in [0.2, 0.25) is 5.02 Å². The third kappa shape index (κ3) is 5.51. The molecule has 4 rings (SSSR count). The fourth-order valence-corrected chi connectivity index (χ4v) is 5.47. The maximum Gasteiger partial charge on any atom is 0.416 e. The van der Waals surface area contributed by atoms with Gasteiger partial charge in [-0.2, -0.15) is 13.2 Å². The molecule has 3 amide bonds. The van der Waals surface area contributed by atoms with Gasteiger partial charge in [-0.1, -0.05) is 55.5 Å². The molecule has 2 heterocycles. The number of rotatable bonds is 8. The Morgan fingerprint density at radius 2 is 1.80 bits per heavy atom. The van der Waals surface area contributed by atoms with E-state index in [0.717, 1.165) is 6.07 Å². The van der Waals surface area contributed by atoms with E-state index in [1.165, 1.54) is 29.2 Å². The van der Waals surface area contributed by atoms with Crippen LogP contribution in [0.4, 0.5) is 23.7 Å². The molecule has 0 spiro atoms. The van der Waals surface area contributed by atoms with Crippen molar-refractivity contribution in [1.82, 2.24) is 14.7 Å². The second kappa shape index (κ2) is 11.7. The molecule has 214 valence electrons. The number of fused-ring (bicyclic) bond motifs is 1. The van der Waals surface area contributed by atoms with E-state index in [-0.39, 0.29) is 40.8 Å². The molecule has 2 aliphatic rings. The lowest BCUT2D eigenvalue weighted by atomic mass is 9.83. The predicted molar refractivity (Wildman–Crippen MR) is 147 cm³/mol. The highest BCUT2D eigenvalue weighted by atomic mass is 35.5. The molecule has 2 aromatic carbocycles. The van der Waals surface area contributed by atoms with Crippen LogP contribution in [0.1, 0.15) is 42.5 Å². The smallest absolute Gasteiger partial charge is 0.372 e. The molecule has 2 aliphatic heterocycles. The third-order valence-corrected chi connectivity index (χ3v) is 7.80. The Bertz CT molecular complexity index is 1350. The number of benzene rings is 2. The van der Waals surface area contributed by atoms with Gasteiger partial charge in [0, 0.05) is 67.9 Å². The summed E-state index contributed by atoms with van der Waals surface area (Å²) in [4.78, 5) is 32.4. The van der Waals surface area contributed by atoms with Crippen LogP contribution < -0.4 is 4.90 Å². The van der Waals surface area contributed by atoms with Gasteiger partial charge in [-0.3, -0.25) is 4.79 Å². The maximum atomic E-state index is 14.6. The number of anilines is 1. The lowest BCUT2D eigenvalue weighted by molar-refractivity contribution is -0.142. The van der Waals surface area contributed by atoms with Crippen molar-refractivity contribution in [3.63, 3.8) is 0 Å². The summed E-state index contributed by atoms with van der Waals surface area (Å²) in [6, 6.07) is 8.05. The van der Waals surface area contributed by atoms with Gasteiger partial charge in [0.05, 0.1) is 11.3 Å². The molecule has 0 radical (unpaired) electrons. The second-order valence-corrected chi connectivity index (χ2v) is 10.2. The Kier molecular flexibility index (Phi) is 8.69. The highest BCUT2D eigenvalue weighted by Gasteiger charge is 2.56. The number of nitrogens with zero attached hydrogens (tertiary/aromatic N) is 4. The molecule has 1 atom stereocenters. The van der Waals surface area contributed by atoms with Crippen molar-refractivity contribution in [2.45, 2.75) is 32.0 Å². The minimum absolute atomic E-state index is 0.0195. The summed E-state index contributed by atoms with van der Waals surface area (Å²) in [6.45, 7) is 7.28. The molecule has 1 saturated heterocycles. The zero-order valence-electron chi connectivity index (χ0n) is 22.7. The summed E-state index contributed by atoms with van der Waals surface area (Å²) in [5.74, 6) is 4.75. The summed E-state index contributed by atoms with van der Waals surface area (Å²) < 4.78 is 43.7. The number of aliphatic hydroxyl groups is 1. The first-order chi connectivity index (χ1) is 18.9. The van der Waals surface area contributed by atoms with E-state index < -0.39 is 28.8 Å². The summed E-state index contributed by atoms with van der Waals surface area (Å²) in [5.41, 5.74) is -4.43. The molecular formula is C29H32ClF3N4O3. The standard InChI is InChI=1S/C29H32ClF3N4O3/c1-4-35(5-2)15-17-37-24-19-20(10-8-9-13-36-16-14-34(3)27(36)39)18-22(29(31,32)33)25(24)28(40,26(37)38)21-11-6-7-12-23(21)30/h6-7,11-12,18-19,40H,4-5,9,13-17H2,1-3H3. The molecule has 2 aromatic rings. The van der Waals surface area contributed by atoms with Gasteiger partial charge in [-0.15, -0.1) is 0 Å². The molecule has 7 nitrogen and oxygen atoms in total. The Labute approximate surface area is 237 Å². The van der Waals surface area contributed by atoms with E-state index >= 15 is 0 Å². The largest absolute Gasteiger partial charge is 0.416 e. The van der Waals surface area contributed by atoms with E-state index in [4.69, 9.17) is 11.6 Å². The molecule has 1 N–H and O–H groups in total. The molecule has 0 bridgehead atoms. The zero-order valence-corrected chi connectivity index (χ0v) is 23.4. The lowest BCUT2D eigenvalue weighted by Crippen LogP contribution is -2.44.